The first-order chi connectivity index (χ1) is 26.8. The van der Waals surface area contributed by atoms with Crippen molar-refractivity contribution >= 4 is 49.1 Å². The van der Waals surface area contributed by atoms with Crippen LogP contribution in [0.15, 0.2) is 188 Å². The van der Waals surface area contributed by atoms with Gasteiger partial charge in [0, 0.05) is 33.3 Å². The topological polar surface area (TPSA) is 48.0 Å². The summed E-state index contributed by atoms with van der Waals surface area (Å²) in [5.41, 5.74) is 10.8. The lowest BCUT2D eigenvalue weighted by molar-refractivity contribution is 1.07. The van der Waals surface area contributed by atoms with Crippen LogP contribution in [0.1, 0.15) is 0 Å². The second kappa shape index (κ2) is 12.1. The number of benzene rings is 8. The van der Waals surface area contributed by atoms with E-state index in [1.54, 1.807) is 0 Å². The van der Waals surface area contributed by atoms with Crippen LogP contribution in [0.25, 0.3) is 100 Å². The number of hydrogen-bond acceptors (Lipinski definition) is 3. The maximum atomic E-state index is 5.24. The average Bonchev–Trinajstić information content (AvgIpc) is 3.76. The minimum atomic E-state index is 0.619. The molecule has 0 amide bonds. The van der Waals surface area contributed by atoms with Crippen molar-refractivity contribution in [3.63, 3.8) is 0 Å². The summed E-state index contributed by atoms with van der Waals surface area (Å²) in [5.74, 6) is 1.90. The summed E-state index contributed by atoms with van der Waals surface area (Å²) in [6.45, 7) is 0. The first-order valence-electron chi connectivity index (χ1n) is 18.2. The van der Waals surface area contributed by atoms with Gasteiger partial charge in [-0.3, -0.25) is 8.97 Å². The molecule has 0 unspecified atom stereocenters. The van der Waals surface area contributed by atoms with E-state index < -0.39 is 0 Å². The van der Waals surface area contributed by atoms with Crippen molar-refractivity contribution in [2.75, 3.05) is 0 Å². The van der Waals surface area contributed by atoms with Crippen LogP contribution in [0.2, 0.25) is 0 Å². The van der Waals surface area contributed by atoms with E-state index in [0.717, 1.165) is 60.6 Å². The Hall–Kier alpha value is -7.37. The molecule has 54 heavy (non-hydrogen) atoms. The summed E-state index contributed by atoms with van der Waals surface area (Å²) in [5, 5.41) is 5.70. The zero-order valence-electron chi connectivity index (χ0n) is 29.1. The molecular formula is C49H31N5. The molecule has 0 atom stereocenters. The van der Waals surface area contributed by atoms with Gasteiger partial charge in [-0.25, -0.2) is 15.0 Å². The highest BCUT2D eigenvalue weighted by Crippen LogP contribution is 2.41. The second-order valence-electron chi connectivity index (χ2n) is 13.7. The Morgan fingerprint density at radius 3 is 1.54 bits per heavy atom. The minimum Gasteiger partial charge on any atom is -0.293 e. The van der Waals surface area contributed by atoms with Gasteiger partial charge in [0.25, 0.3) is 0 Å². The third-order valence-corrected chi connectivity index (χ3v) is 10.5. The zero-order chi connectivity index (χ0) is 35.6. The van der Waals surface area contributed by atoms with Crippen molar-refractivity contribution < 1.29 is 0 Å². The molecule has 0 aliphatic carbocycles. The molecule has 5 heteroatoms. The minimum absolute atomic E-state index is 0.619. The Morgan fingerprint density at radius 1 is 0.352 bits per heavy atom. The number of fused-ring (bicyclic) bond motifs is 7. The van der Waals surface area contributed by atoms with Gasteiger partial charge in [0.2, 0.25) is 0 Å². The van der Waals surface area contributed by atoms with Gasteiger partial charge in [-0.1, -0.05) is 158 Å². The quantitative estimate of drug-likeness (QED) is 0.181. The molecule has 0 fully saturated rings. The van der Waals surface area contributed by atoms with E-state index in [1.165, 1.54) is 22.0 Å². The average molecular weight is 690 g/mol. The third-order valence-electron chi connectivity index (χ3n) is 10.5. The summed E-state index contributed by atoms with van der Waals surface area (Å²) < 4.78 is 4.79. The van der Waals surface area contributed by atoms with E-state index in [9.17, 15) is 0 Å². The molecule has 3 aromatic heterocycles. The van der Waals surface area contributed by atoms with Crippen LogP contribution >= 0.6 is 0 Å². The molecule has 11 aromatic rings. The maximum absolute atomic E-state index is 5.24. The van der Waals surface area contributed by atoms with Crippen LogP contribution in [0.3, 0.4) is 0 Å². The SMILES string of the molecule is c1ccc(-c2c3ccccc3n3c4ccccc4n(-c4cccc(-c5nc(-c6cccc7ccccc67)nc(-c6cccc7ccccc67)n5)c4)c23)cc1. The Kier molecular flexibility index (Phi) is 6.79. The summed E-state index contributed by atoms with van der Waals surface area (Å²) in [6, 6.07) is 66.1. The van der Waals surface area contributed by atoms with E-state index in [4.69, 9.17) is 15.0 Å². The largest absolute Gasteiger partial charge is 0.293 e. The molecule has 0 saturated carbocycles. The summed E-state index contributed by atoms with van der Waals surface area (Å²) in [6.07, 6.45) is 0. The Labute approximate surface area is 311 Å². The van der Waals surface area contributed by atoms with Crippen LogP contribution in [-0.4, -0.2) is 23.9 Å². The maximum Gasteiger partial charge on any atom is 0.164 e. The van der Waals surface area contributed by atoms with Gasteiger partial charge in [-0.2, -0.15) is 0 Å². The smallest absolute Gasteiger partial charge is 0.164 e. The van der Waals surface area contributed by atoms with Gasteiger partial charge >= 0.3 is 0 Å². The fourth-order valence-corrected chi connectivity index (χ4v) is 8.16. The van der Waals surface area contributed by atoms with Crippen LogP contribution < -0.4 is 0 Å². The number of rotatable bonds is 5. The molecule has 0 aliphatic rings. The molecule has 3 heterocycles. The molecule has 252 valence electrons. The highest BCUT2D eigenvalue weighted by molar-refractivity contribution is 6.09. The molecule has 0 bridgehead atoms. The summed E-state index contributed by atoms with van der Waals surface area (Å²) in [7, 11) is 0. The van der Waals surface area contributed by atoms with Crippen molar-refractivity contribution in [3.8, 4) is 51.0 Å². The van der Waals surface area contributed by atoms with Crippen molar-refractivity contribution in [2.45, 2.75) is 0 Å². The number of aromatic nitrogens is 5. The number of para-hydroxylation sites is 3. The van der Waals surface area contributed by atoms with Crippen LogP contribution in [0, 0.1) is 0 Å². The van der Waals surface area contributed by atoms with Crippen LogP contribution in [0.5, 0.6) is 0 Å². The zero-order valence-corrected chi connectivity index (χ0v) is 29.1. The summed E-state index contributed by atoms with van der Waals surface area (Å²) >= 11 is 0. The number of nitrogens with zero attached hydrogens (tertiary/aromatic N) is 5. The lowest BCUT2D eigenvalue weighted by Gasteiger charge is -2.13. The lowest BCUT2D eigenvalue weighted by Crippen LogP contribution is -2.02. The van der Waals surface area contributed by atoms with Gasteiger partial charge in [0.05, 0.1) is 16.6 Å². The van der Waals surface area contributed by atoms with Crippen molar-refractivity contribution in [2.24, 2.45) is 0 Å². The fourth-order valence-electron chi connectivity index (χ4n) is 8.16. The standard InChI is InChI=1S/C49H31N5/c1-2-17-34(18-3-1)45-41-25-8-9-28-42(41)54-44-30-11-10-29-43(44)53(49(45)54)36-22-12-21-35(31-36)46-50-47(39-26-13-19-32-15-4-6-23-37(32)39)52-48(51-46)40-27-14-20-33-16-5-7-24-38(33)40/h1-31H. The first-order valence-corrected chi connectivity index (χ1v) is 18.2. The van der Waals surface area contributed by atoms with E-state index in [0.29, 0.717) is 17.5 Å². The van der Waals surface area contributed by atoms with E-state index in [1.807, 2.05) is 0 Å². The third kappa shape index (κ3) is 4.69. The highest BCUT2D eigenvalue weighted by atomic mass is 15.1. The number of hydrogen-bond donors (Lipinski definition) is 0. The Bertz CT molecular complexity index is 3120. The second-order valence-corrected chi connectivity index (χ2v) is 13.7. The molecule has 0 spiro atoms. The normalized spacial score (nSPS) is 11.7. The van der Waals surface area contributed by atoms with Gasteiger partial charge in [-0.05, 0) is 57.4 Å². The van der Waals surface area contributed by atoms with Crippen molar-refractivity contribution in [3.05, 3.63) is 188 Å². The van der Waals surface area contributed by atoms with Gasteiger partial charge < -0.3 is 0 Å². The lowest BCUT2D eigenvalue weighted by atomic mass is 10.0. The Balaban J connectivity index is 1.18. The molecule has 0 aliphatic heterocycles. The van der Waals surface area contributed by atoms with Crippen LogP contribution in [-0.2, 0) is 0 Å². The van der Waals surface area contributed by atoms with Gasteiger partial charge in [0.15, 0.2) is 17.5 Å². The Morgan fingerprint density at radius 2 is 0.852 bits per heavy atom. The molecule has 11 rings (SSSR count). The van der Waals surface area contributed by atoms with E-state index in [-0.39, 0.29) is 0 Å². The predicted octanol–water partition coefficient (Wildman–Crippen LogP) is 12.2. The monoisotopic (exact) mass is 689 g/mol. The molecule has 0 saturated heterocycles. The van der Waals surface area contributed by atoms with Gasteiger partial charge in [-0.15, -0.1) is 0 Å². The van der Waals surface area contributed by atoms with Crippen molar-refractivity contribution in [1.29, 1.82) is 0 Å². The van der Waals surface area contributed by atoms with Crippen LogP contribution in [0.4, 0.5) is 0 Å². The molecular weight excluding hydrogens is 659 g/mol. The van der Waals surface area contributed by atoms with E-state index >= 15 is 0 Å². The summed E-state index contributed by atoms with van der Waals surface area (Å²) in [4.78, 5) is 15.7. The molecule has 0 N–H and O–H groups in total. The van der Waals surface area contributed by atoms with E-state index in [2.05, 4.69) is 197 Å². The fraction of sp³-hybridized carbons (Fsp3) is 0. The predicted molar refractivity (Wildman–Crippen MR) is 222 cm³/mol. The number of imidazole rings is 1. The molecule has 0 radical (unpaired) electrons. The van der Waals surface area contributed by atoms with Gasteiger partial charge in [0.1, 0.15) is 5.65 Å². The van der Waals surface area contributed by atoms with Crippen molar-refractivity contribution in [1.82, 2.24) is 23.9 Å². The molecule has 5 nitrogen and oxygen atoms in total. The molecule has 8 aromatic carbocycles. The first kappa shape index (κ1) is 30.3. The highest BCUT2D eigenvalue weighted by Gasteiger charge is 2.23.